The standard InChI is InChI=1S/C15H20BrN3O2/c1-21-14-9-12(8-13(16)15(14)20)10-17-4-2-3-6-19-7-5-18-11-19/h5,7-9,11,17,20H,2-4,6,10H2,1H3. The number of nitrogens with zero attached hydrogens (tertiary/aromatic N) is 2. The molecule has 1 aromatic carbocycles. The van der Waals surface area contributed by atoms with Crippen LogP contribution in [0.1, 0.15) is 18.4 Å². The Bertz CT molecular complexity index is 558. The molecule has 0 aliphatic carbocycles. The third-order valence-corrected chi connectivity index (χ3v) is 3.82. The van der Waals surface area contributed by atoms with Gasteiger partial charge in [-0.25, -0.2) is 4.98 Å². The first kappa shape index (κ1) is 15.9. The number of aromatic nitrogens is 2. The lowest BCUT2D eigenvalue weighted by Gasteiger charge is -2.10. The summed E-state index contributed by atoms with van der Waals surface area (Å²) in [6.45, 7) is 2.70. The molecule has 5 nitrogen and oxygen atoms in total. The SMILES string of the molecule is COc1cc(CNCCCCn2ccnc2)cc(Br)c1O. The summed E-state index contributed by atoms with van der Waals surface area (Å²) in [4.78, 5) is 4.02. The zero-order chi connectivity index (χ0) is 15.1. The van der Waals surface area contributed by atoms with Gasteiger partial charge in [-0.05, 0) is 53.0 Å². The maximum atomic E-state index is 9.75. The molecule has 0 radical (unpaired) electrons. The number of nitrogens with one attached hydrogen (secondary N) is 1. The molecule has 21 heavy (non-hydrogen) atoms. The molecule has 0 aliphatic heterocycles. The molecule has 0 saturated carbocycles. The van der Waals surface area contributed by atoms with Crippen LogP contribution in [0.2, 0.25) is 0 Å². The van der Waals surface area contributed by atoms with Crippen LogP contribution in [0.5, 0.6) is 11.5 Å². The van der Waals surface area contributed by atoms with E-state index >= 15 is 0 Å². The van der Waals surface area contributed by atoms with Crippen molar-refractivity contribution in [3.8, 4) is 11.5 Å². The number of ether oxygens (including phenoxy) is 1. The number of halogens is 1. The van der Waals surface area contributed by atoms with Crippen LogP contribution in [0.3, 0.4) is 0 Å². The predicted octanol–water partition coefficient (Wildman–Crippen LogP) is 2.93. The Morgan fingerprint density at radius 3 is 2.95 bits per heavy atom. The minimum Gasteiger partial charge on any atom is -0.503 e. The molecule has 0 atom stereocenters. The van der Waals surface area contributed by atoms with E-state index in [-0.39, 0.29) is 5.75 Å². The topological polar surface area (TPSA) is 59.3 Å². The highest BCUT2D eigenvalue weighted by atomic mass is 79.9. The van der Waals surface area contributed by atoms with Gasteiger partial charge in [0, 0.05) is 25.5 Å². The largest absolute Gasteiger partial charge is 0.503 e. The van der Waals surface area contributed by atoms with Crippen LogP contribution in [0.4, 0.5) is 0 Å². The van der Waals surface area contributed by atoms with Gasteiger partial charge in [0.15, 0.2) is 11.5 Å². The van der Waals surface area contributed by atoms with Crippen molar-refractivity contribution >= 4 is 15.9 Å². The second kappa shape index (κ2) is 8.05. The monoisotopic (exact) mass is 353 g/mol. The highest BCUT2D eigenvalue weighted by Gasteiger charge is 2.08. The Balaban J connectivity index is 1.70. The summed E-state index contributed by atoms with van der Waals surface area (Å²) in [5, 5.41) is 13.2. The van der Waals surface area contributed by atoms with Crippen molar-refractivity contribution in [2.45, 2.75) is 25.9 Å². The fourth-order valence-electron chi connectivity index (χ4n) is 2.08. The first-order valence-electron chi connectivity index (χ1n) is 6.92. The zero-order valence-electron chi connectivity index (χ0n) is 12.1. The summed E-state index contributed by atoms with van der Waals surface area (Å²) in [6.07, 6.45) is 7.84. The molecule has 0 amide bonds. The van der Waals surface area contributed by atoms with Gasteiger partial charge in [0.1, 0.15) is 0 Å². The van der Waals surface area contributed by atoms with Crippen LogP contribution in [0, 0.1) is 0 Å². The van der Waals surface area contributed by atoms with Gasteiger partial charge in [0.25, 0.3) is 0 Å². The van der Waals surface area contributed by atoms with Crippen LogP contribution in [0.25, 0.3) is 0 Å². The molecule has 6 heteroatoms. The van der Waals surface area contributed by atoms with Gasteiger partial charge < -0.3 is 19.7 Å². The second-order valence-corrected chi connectivity index (χ2v) is 5.67. The normalized spacial score (nSPS) is 10.8. The van der Waals surface area contributed by atoms with Gasteiger partial charge >= 0.3 is 0 Å². The van der Waals surface area contributed by atoms with E-state index in [1.807, 2.05) is 24.7 Å². The van der Waals surface area contributed by atoms with E-state index < -0.39 is 0 Å². The number of benzene rings is 1. The summed E-state index contributed by atoms with van der Waals surface area (Å²) in [5.41, 5.74) is 1.08. The Labute approximate surface area is 133 Å². The molecule has 0 spiro atoms. The number of phenolic OH excluding ortho intramolecular Hbond substituents is 1. The number of hydrogen-bond acceptors (Lipinski definition) is 4. The summed E-state index contributed by atoms with van der Waals surface area (Å²) < 4.78 is 7.87. The van der Waals surface area contributed by atoms with E-state index in [9.17, 15) is 5.11 Å². The lowest BCUT2D eigenvalue weighted by atomic mass is 10.2. The van der Waals surface area contributed by atoms with Gasteiger partial charge in [-0.1, -0.05) is 0 Å². The van der Waals surface area contributed by atoms with Crippen LogP contribution in [-0.4, -0.2) is 28.3 Å². The number of hydrogen-bond donors (Lipinski definition) is 2. The Kier molecular flexibility index (Phi) is 6.07. The van der Waals surface area contributed by atoms with Gasteiger partial charge in [-0.3, -0.25) is 0 Å². The minimum absolute atomic E-state index is 0.140. The van der Waals surface area contributed by atoms with Crippen molar-refractivity contribution in [2.75, 3.05) is 13.7 Å². The first-order chi connectivity index (χ1) is 10.2. The number of rotatable bonds is 8. The number of aryl methyl sites for hydroxylation is 1. The predicted molar refractivity (Wildman–Crippen MR) is 85.5 cm³/mol. The Morgan fingerprint density at radius 1 is 1.38 bits per heavy atom. The van der Waals surface area contributed by atoms with Crippen molar-refractivity contribution in [3.63, 3.8) is 0 Å². The van der Waals surface area contributed by atoms with Crippen molar-refractivity contribution in [1.82, 2.24) is 14.9 Å². The molecule has 0 bridgehead atoms. The van der Waals surface area contributed by atoms with Gasteiger partial charge in [-0.2, -0.15) is 0 Å². The Morgan fingerprint density at radius 2 is 2.24 bits per heavy atom. The Hall–Kier alpha value is -1.53. The lowest BCUT2D eigenvalue weighted by molar-refractivity contribution is 0.371. The molecule has 1 heterocycles. The quantitative estimate of drug-likeness (QED) is 0.716. The molecule has 2 rings (SSSR count). The highest BCUT2D eigenvalue weighted by Crippen LogP contribution is 2.35. The molecule has 0 fully saturated rings. The average molecular weight is 354 g/mol. The molecule has 2 aromatic rings. The first-order valence-corrected chi connectivity index (χ1v) is 7.72. The van der Waals surface area contributed by atoms with Crippen molar-refractivity contribution in [2.24, 2.45) is 0 Å². The smallest absolute Gasteiger partial charge is 0.172 e. The van der Waals surface area contributed by atoms with Crippen LogP contribution >= 0.6 is 15.9 Å². The molecular weight excluding hydrogens is 334 g/mol. The fraction of sp³-hybridized carbons (Fsp3) is 0.400. The van der Waals surface area contributed by atoms with Crippen molar-refractivity contribution < 1.29 is 9.84 Å². The molecule has 0 unspecified atom stereocenters. The van der Waals surface area contributed by atoms with Gasteiger partial charge in [-0.15, -0.1) is 0 Å². The third-order valence-electron chi connectivity index (χ3n) is 3.22. The average Bonchev–Trinajstić information content (AvgIpc) is 2.99. The number of aromatic hydroxyl groups is 1. The minimum atomic E-state index is 0.140. The van der Waals surface area contributed by atoms with Crippen molar-refractivity contribution in [3.05, 3.63) is 40.9 Å². The molecular formula is C15H20BrN3O2. The maximum absolute atomic E-state index is 9.75. The van der Waals surface area contributed by atoms with Crippen LogP contribution in [-0.2, 0) is 13.1 Å². The number of methoxy groups -OCH3 is 1. The van der Waals surface area contributed by atoms with Crippen LogP contribution in [0.15, 0.2) is 35.3 Å². The zero-order valence-corrected chi connectivity index (χ0v) is 13.6. The third kappa shape index (κ3) is 4.75. The summed E-state index contributed by atoms with van der Waals surface area (Å²) in [7, 11) is 1.55. The molecule has 2 N–H and O–H groups in total. The van der Waals surface area contributed by atoms with E-state index in [1.165, 1.54) is 0 Å². The number of imidazole rings is 1. The highest BCUT2D eigenvalue weighted by molar-refractivity contribution is 9.10. The fourth-order valence-corrected chi connectivity index (χ4v) is 2.57. The van der Waals surface area contributed by atoms with E-state index in [4.69, 9.17) is 4.74 Å². The van der Waals surface area contributed by atoms with E-state index in [0.717, 1.165) is 38.0 Å². The second-order valence-electron chi connectivity index (χ2n) is 4.81. The maximum Gasteiger partial charge on any atom is 0.172 e. The molecule has 1 aromatic heterocycles. The van der Waals surface area contributed by atoms with Gasteiger partial charge in [0.05, 0.1) is 17.9 Å². The summed E-state index contributed by atoms with van der Waals surface area (Å²) in [5.74, 6) is 0.628. The summed E-state index contributed by atoms with van der Waals surface area (Å²) in [6, 6.07) is 3.74. The molecule has 0 aliphatic rings. The van der Waals surface area contributed by atoms with Gasteiger partial charge in [0.2, 0.25) is 0 Å². The van der Waals surface area contributed by atoms with Crippen molar-refractivity contribution in [1.29, 1.82) is 0 Å². The van der Waals surface area contributed by atoms with E-state index in [0.29, 0.717) is 10.2 Å². The lowest BCUT2D eigenvalue weighted by Crippen LogP contribution is -2.15. The summed E-state index contributed by atoms with van der Waals surface area (Å²) >= 11 is 3.33. The number of phenols is 1. The molecule has 114 valence electrons. The number of unbranched alkanes of at least 4 members (excludes halogenated alkanes) is 1. The molecule has 0 saturated heterocycles. The van der Waals surface area contributed by atoms with E-state index in [1.54, 1.807) is 13.3 Å². The van der Waals surface area contributed by atoms with Crippen LogP contribution < -0.4 is 10.1 Å². The van der Waals surface area contributed by atoms with E-state index in [2.05, 4.69) is 30.8 Å².